The average Bonchev–Trinajstić information content (AvgIpc) is 2.48. The van der Waals surface area contributed by atoms with Gasteiger partial charge < -0.3 is 10.5 Å². The first-order chi connectivity index (χ1) is 9.75. The highest BCUT2D eigenvalue weighted by Crippen LogP contribution is 2.26. The monoisotopic (exact) mass is 270 g/mol. The Morgan fingerprint density at radius 3 is 2.85 bits per heavy atom. The summed E-state index contributed by atoms with van der Waals surface area (Å²) in [5.41, 5.74) is 8.49. The summed E-state index contributed by atoms with van der Waals surface area (Å²) in [6.45, 7) is 1.29. The first-order valence-corrected chi connectivity index (χ1v) is 7.46. The topological polar surface area (TPSA) is 48.1 Å². The van der Waals surface area contributed by atoms with Gasteiger partial charge in [-0.25, -0.2) is 0 Å². The molecule has 3 rings (SSSR count). The third-order valence-electron chi connectivity index (χ3n) is 4.17. The maximum atomic E-state index is 6.38. The zero-order valence-corrected chi connectivity index (χ0v) is 11.8. The molecule has 1 aromatic heterocycles. The lowest BCUT2D eigenvalue weighted by Crippen LogP contribution is -2.46. The van der Waals surface area contributed by atoms with Gasteiger partial charge in [-0.2, -0.15) is 0 Å². The Balaban J connectivity index is 1.59. The summed E-state index contributed by atoms with van der Waals surface area (Å²) >= 11 is 0. The second-order valence-electron chi connectivity index (χ2n) is 5.95. The van der Waals surface area contributed by atoms with E-state index >= 15 is 0 Å². The van der Waals surface area contributed by atoms with E-state index in [1.165, 1.54) is 24.8 Å². The summed E-state index contributed by atoms with van der Waals surface area (Å²) in [5, 5.41) is 1.16. The van der Waals surface area contributed by atoms with Crippen LogP contribution >= 0.6 is 0 Å². The Morgan fingerprint density at radius 2 is 2.00 bits per heavy atom. The summed E-state index contributed by atoms with van der Waals surface area (Å²) in [5.74, 6) is 0. The lowest BCUT2D eigenvalue weighted by molar-refractivity contribution is 0.0575. The van der Waals surface area contributed by atoms with Crippen molar-refractivity contribution in [1.29, 1.82) is 0 Å². The normalized spacial score (nSPS) is 18.2. The first kappa shape index (κ1) is 13.5. The zero-order valence-electron chi connectivity index (χ0n) is 11.8. The number of ether oxygens (including phenoxy) is 1. The van der Waals surface area contributed by atoms with E-state index in [9.17, 15) is 0 Å². The van der Waals surface area contributed by atoms with Gasteiger partial charge in [-0.1, -0.05) is 31.4 Å². The van der Waals surface area contributed by atoms with Gasteiger partial charge in [0.15, 0.2) is 0 Å². The van der Waals surface area contributed by atoms with Gasteiger partial charge in [-0.15, -0.1) is 0 Å². The molecule has 1 aliphatic rings. The molecular formula is C17H22N2O. The quantitative estimate of drug-likeness (QED) is 0.926. The van der Waals surface area contributed by atoms with E-state index in [4.69, 9.17) is 10.5 Å². The molecule has 0 radical (unpaired) electrons. The van der Waals surface area contributed by atoms with Crippen LogP contribution in [0.25, 0.3) is 10.9 Å². The Bertz CT molecular complexity index is 576. The fourth-order valence-corrected chi connectivity index (χ4v) is 2.99. The minimum Gasteiger partial charge on any atom is -0.375 e. The van der Waals surface area contributed by atoms with Crippen LogP contribution in [0.1, 0.15) is 37.7 Å². The number of pyridine rings is 1. The lowest BCUT2D eigenvalue weighted by Gasteiger charge is -2.33. The van der Waals surface area contributed by atoms with Crippen LogP contribution in [0.15, 0.2) is 36.5 Å². The van der Waals surface area contributed by atoms with E-state index in [1.807, 2.05) is 18.3 Å². The van der Waals surface area contributed by atoms with Crippen molar-refractivity contribution < 1.29 is 4.74 Å². The molecule has 1 fully saturated rings. The maximum Gasteiger partial charge on any atom is 0.0718 e. The predicted molar refractivity (Wildman–Crippen MR) is 81.4 cm³/mol. The van der Waals surface area contributed by atoms with Crippen LogP contribution in [-0.2, 0) is 11.3 Å². The molecule has 1 aromatic carbocycles. The summed E-state index contributed by atoms with van der Waals surface area (Å²) in [6, 6.07) is 10.3. The molecule has 2 aromatic rings. The van der Waals surface area contributed by atoms with E-state index in [0.29, 0.717) is 13.2 Å². The Morgan fingerprint density at radius 1 is 1.15 bits per heavy atom. The Labute approximate surface area is 120 Å². The molecule has 3 nitrogen and oxygen atoms in total. The molecule has 2 N–H and O–H groups in total. The van der Waals surface area contributed by atoms with Crippen molar-refractivity contribution in [1.82, 2.24) is 4.98 Å². The lowest BCUT2D eigenvalue weighted by atomic mass is 9.83. The van der Waals surface area contributed by atoms with Crippen molar-refractivity contribution in [2.45, 2.75) is 44.2 Å². The molecule has 0 unspecified atom stereocenters. The zero-order chi connectivity index (χ0) is 13.8. The molecule has 0 atom stereocenters. The molecular weight excluding hydrogens is 248 g/mol. The van der Waals surface area contributed by atoms with Gasteiger partial charge in [0.05, 0.1) is 18.7 Å². The number of rotatable bonds is 4. The van der Waals surface area contributed by atoms with Crippen molar-refractivity contribution in [3.05, 3.63) is 42.1 Å². The summed E-state index contributed by atoms with van der Waals surface area (Å²) < 4.78 is 5.87. The third-order valence-corrected chi connectivity index (χ3v) is 4.17. The molecule has 1 aliphatic carbocycles. The summed E-state index contributed by atoms with van der Waals surface area (Å²) in [7, 11) is 0. The number of nitrogens with zero attached hydrogens (tertiary/aromatic N) is 1. The van der Waals surface area contributed by atoms with Gasteiger partial charge in [0.1, 0.15) is 0 Å². The van der Waals surface area contributed by atoms with Crippen LogP contribution in [0, 0.1) is 0 Å². The van der Waals surface area contributed by atoms with Crippen LogP contribution in [-0.4, -0.2) is 17.1 Å². The van der Waals surface area contributed by atoms with Gasteiger partial charge >= 0.3 is 0 Å². The first-order valence-electron chi connectivity index (χ1n) is 7.46. The van der Waals surface area contributed by atoms with E-state index in [-0.39, 0.29) is 5.54 Å². The molecule has 1 saturated carbocycles. The smallest absolute Gasteiger partial charge is 0.0718 e. The number of nitrogens with two attached hydrogens (primary N) is 1. The van der Waals surface area contributed by atoms with Crippen molar-refractivity contribution in [2.24, 2.45) is 5.73 Å². The molecule has 0 spiro atoms. The highest BCUT2D eigenvalue weighted by Gasteiger charge is 2.27. The highest BCUT2D eigenvalue weighted by atomic mass is 16.5. The second kappa shape index (κ2) is 5.90. The third kappa shape index (κ3) is 3.17. The van der Waals surface area contributed by atoms with Crippen LogP contribution in [0.3, 0.4) is 0 Å². The van der Waals surface area contributed by atoms with Crippen molar-refractivity contribution in [3.63, 3.8) is 0 Å². The standard InChI is InChI=1S/C17H22N2O/c18-17(8-2-1-3-9-17)13-20-12-14-6-7-16-15(11-14)5-4-10-19-16/h4-7,10-11H,1-3,8-9,12-13,18H2. The van der Waals surface area contributed by atoms with E-state index in [1.54, 1.807) is 0 Å². The van der Waals surface area contributed by atoms with Gasteiger partial charge in [0.2, 0.25) is 0 Å². The molecule has 0 amide bonds. The maximum absolute atomic E-state index is 6.38. The van der Waals surface area contributed by atoms with Crippen LogP contribution in [0.2, 0.25) is 0 Å². The van der Waals surface area contributed by atoms with Gasteiger partial charge in [0.25, 0.3) is 0 Å². The fourth-order valence-electron chi connectivity index (χ4n) is 2.99. The Hall–Kier alpha value is -1.45. The van der Waals surface area contributed by atoms with Gasteiger partial charge in [0, 0.05) is 17.1 Å². The number of hydrogen-bond donors (Lipinski definition) is 1. The second-order valence-corrected chi connectivity index (χ2v) is 5.95. The van der Waals surface area contributed by atoms with E-state index < -0.39 is 0 Å². The van der Waals surface area contributed by atoms with Gasteiger partial charge in [-0.05, 0) is 36.6 Å². The molecule has 0 aliphatic heterocycles. The van der Waals surface area contributed by atoms with E-state index in [2.05, 4.69) is 23.2 Å². The number of benzene rings is 1. The largest absolute Gasteiger partial charge is 0.375 e. The van der Waals surface area contributed by atoms with Crippen LogP contribution < -0.4 is 5.73 Å². The van der Waals surface area contributed by atoms with Gasteiger partial charge in [-0.3, -0.25) is 4.98 Å². The average molecular weight is 270 g/mol. The number of hydrogen-bond acceptors (Lipinski definition) is 3. The number of aromatic nitrogens is 1. The van der Waals surface area contributed by atoms with Crippen LogP contribution in [0.5, 0.6) is 0 Å². The summed E-state index contributed by atoms with van der Waals surface area (Å²) in [4.78, 5) is 4.33. The van der Waals surface area contributed by atoms with Crippen molar-refractivity contribution >= 4 is 10.9 Å². The fraction of sp³-hybridized carbons (Fsp3) is 0.471. The van der Waals surface area contributed by atoms with E-state index in [0.717, 1.165) is 23.7 Å². The SMILES string of the molecule is NC1(COCc2ccc3ncccc3c2)CCCCC1. The molecule has 3 heteroatoms. The summed E-state index contributed by atoms with van der Waals surface area (Å²) in [6.07, 6.45) is 7.79. The molecule has 0 bridgehead atoms. The number of fused-ring (bicyclic) bond motifs is 1. The minimum absolute atomic E-state index is 0.101. The predicted octanol–water partition coefficient (Wildman–Crippen LogP) is 3.41. The molecule has 0 saturated heterocycles. The highest BCUT2D eigenvalue weighted by molar-refractivity contribution is 5.78. The molecule has 20 heavy (non-hydrogen) atoms. The van der Waals surface area contributed by atoms with Crippen molar-refractivity contribution in [2.75, 3.05) is 6.61 Å². The molecule has 106 valence electrons. The molecule has 1 heterocycles. The van der Waals surface area contributed by atoms with Crippen molar-refractivity contribution in [3.8, 4) is 0 Å². The Kier molecular flexibility index (Phi) is 3.99. The minimum atomic E-state index is -0.101. The van der Waals surface area contributed by atoms with Crippen LogP contribution in [0.4, 0.5) is 0 Å².